The second kappa shape index (κ2) is 9.81. The Morgan fingerprint density at radius 2 is 1.85 bits per heavy atom. The van der Waals surface area contributed by atoms with Gasteiger partial charge in [0.15, 0.2) is 17.3 Å². The predicted octanol–water partition coefficient (Wildman–Crippen LogP) is 3.57. The van der Waals surface area contributed by atoms with Gasteiger partial charge in [-0.1, -0.05) is 0 Å². The second-order valence-corrected chi connectivity index (χ2v) is 9.13. The van der Waals surface area contributed by atoms with Crippen LogP contribution in [0.5, 0.6) is 0 Å². The Bertz CT molecular complexity index is 1650. The number of halogens is 6. The van der Waals surface area contributed by atoms with Crippen molar-refractivity contribution in [1.29, 1.82) is 0 Å². The standard InChI is InChI=1S/C25H19F6N7O2/c1-11-5-16(27)13(19-7-14(25(29,30)31)21-22(32)34-10-35-38(19)21)6-12(11)23(39)36-18-9-37(8-17(18)28)24(40)20-15(26)3-2-4-33-20/h2-7,10,17-18H,8-9H2,1H3,(H,36,39)(H2,32,34,35)/t17-,18+/m0/s1. The van der Waals surface area contributed by atoms with E-state index >= 15 is 4.39 Å². The van der Waals surface area contributed by atoms with Crippen LogP contribution in [0.15, 0.2) is 42.9 Å². The number of nitrogen functional groups attached to an aromatic ring is 1. The Kier molecular flexibility index (Phi) is 6.59. The number of fused-ring (bicyclic) bond motifs is 1. The van der Waals surface area contributed by atoms with E-state index in [0.717, 1.165) is 33.9 Å². The number of pyridine rings is 1. The summed E-state index contributed by atoms with van der Waals surface area (Å²) in [5.74, 6) is -4.05. The van der Waals surface area contributed by atoms with E-state index in [1.165, 1.54) is 19.2 Å². The Morgan fingerprint density at radius 3 is 2.55 bits per heavy atom. The third-order valence-corrected chi connectivity index (χ3v) is 6.54. The molecule has 1 aliphatic heterocycles. The van der Waals surface area contributed by atoms with E-state index in [2.05, 4.69) is 20.4 Å². The second-order valence-electron chi connectivity index (χ2n) is 9.13. The maximum Gasteiger partial charge on any atom is 0.418 e. The van der Waals surface area contributed by atoms with E-state index in [1.54, 1.807) is 0 Å². The van der Waals surface area contributed by atoms with Crippen LogP contribution in [0, 0.1) is 18.6 Å². The number of alkyl halides is 4. The molecule has 0 spiro atoms. The molecule has 5 rings (SSSR count). The maximum absolute atomic E-state index is 15.1. The van der Waals surface area contributed by atoms with E-state index < -0.39 is 76.5 Å². The molecule has 208 valence electrons. The highest BCUT2D eigenvalue weighted by Gasteiger charge is 2.39. The average Bonchev–Trinajstić information content (AvgIpc) is 3.46. The SMILES string of the molecule is Cc1cc(F)c(-c2cc(C(F)(F)F)c3c(N)ncnn23)cc1C(=O)N[C@@H]1CN(C(=O)c2ncccc2F)C[C@@H]1F. The van der Waals surface area contributed by atoms with Crippen molar-refractivity contribution >= 4 is 23.1 Å². The summed E-state index contributed by atoms with van der Waals surface area (Å²) >= 11 is 0. The number of likely N-dealkylation sites (tertiary alicyclic amines) is 1. The van der Waals surface area contributed by atoms with Gasteiger partial charge >= 0.3 is 6.18 Å². The molecule has 0 saturated carbocycles. The van der Waals surface area contributed by atoms with Crippen LogP contribution in [0.1, 0.15) is 32.0 Å². The van der Waals surface area contributed by atoms with Gasteiger partial charge in [-0.05, 0) is 42.8 Å². The van der Waals surface area contributed by atoms with Crippen molar-refractivity contribution in [3.8, 4) is 11.3 Å². The fraction of sp³-hybridized carbons (Fsp3) is 0.240. The summed E-state index contributed by atoms with van der Waals surface area (Å²) in [6, 6.07) is 3.74. The Balaban J connectivity index is 1.45. The third kappa shape index (κ3) is 4.67. The molecule has 4 aromatic rings. The lowest BCUT2D eigenvalue weighted by atomic mass is 10.0. The number of carbonyl (C=O) groups is 2. The monoisotopic (exact) mass is 563 g/mol. The molecule has 40 heavy (non-hydrogen) atoms. The van der Waals surface area contributed by atoms with Gasteiger partial charge in [0.1, 0.15) is 23.8 Å². The molecule has 4 heterocycles. The normalized spacial score (nSPS) is 17.4. The number of amides is 2. The summed E-state index contributed by atoms with van der Waals surface area (Å²) in [6.07, 6.45) is -4.48. The van der Waals surface area contributed by atoms with Crippen LogP contribution >= 0.6 is 0 Å². The van der Waals surface area contributed by atoms with Crippen molar-refractivity contribution in [1.82, 2.24) is 29.8 Å². The van der Waals surface area contributed by atoms with Crippen molar-refractivity contribution < 1.29 is 35.9 Å². The summed E-state index contributed by atoms with van der Waals surface area (Å²) < 4.78 is 85.8. The van der Waals surface area contributed by atoms with E-state index in [4.69, 9.17) is 5.73 Å². The number of rotatable bonds is 4. The molecule has 0 radical (unpaired) electrons. The molecule has 0 aliphatic carbocycles. The summed E-state index contributed by atoms with van der Waals surface area (Å²) in [4.78, 5) is 34.0. The lowest BCUT2D eigenvalue weighted by molar-refractivity contribution is -0.136. The summed E-state index contributed by atoms with van der Waals surface area (Å²) in [7, 11) is 0. The average molecular weight is 563 g/mol. The van der Waals surface area contributed by atoms with E-state index in [0.29, 0.717) is 6.07 Å². The highest BCUT2D eigenvalue weighted by molar-refractivity contribution is 5.98. The van der Waals surface area contributed by atoms with Gasteiger partial charge in [0, 0.05) is 23.9 Å². The number of aromatic nitrogens is 4. The fourth-order valence-electron chi connectivity index (χ4n) is 4.59. The topological polar surface area (TPSA) is 119 Å². The van der Waals surface area contributed by atoms with E-state index in [1.807, 2.05) is 0 Å². The van der Waals surface area contributed by atoms with Crippen molar-refractivity contribution in [2.75, 3.05) is 18.8 Å². The third-order valence-electron chi connectivity index (χ3n) is 6.54. The van der Waals surface area contributed by atoms with Crippen LogP contribution in [0.2, 0.25) is 0 Å². The molecule has 1 fully saturated rings. The van der Waals surface area contributed by atoms with Crippen LogP contribution in [0.4, 0.5) is 32.2 Å². The lowest BCUT2D eigenvalue weighted by Crippen LogP contribution is -2.42. The number of nitrogens with one attached hydrogen (secondary N) is 1. The molecule has 1 aromatic carbocycles. The molecule has 2 atom stereocenters. The number of nitrogens with two attached hydrogens (primary N) is 1. The first kappa shape index (κ1) is 26.9. The van der Waals surface area contributed by atoms with Crippen LogP contribution in [0.25, 0.3) is 16.8 Å². The van der Waals surface area contributed by atoms with Gasteiger partial charge in [-0.2, -0.15) is 18.3 Å². The number of nitrogens with zero attached hydrogens (tertiary/aromatic N) is 5. The van der Waals surface area contributed by atoms with Crippen LogP contribution in [-0.4, -0.2) is 61.6 Å². The summed E-state index contributed by atoms with van der Waals surface area (Å²) in [5, 5.41) is 6.21. The van der Waals surface area contributed by atoms with E-state index in [9.17, 15) is 31.5 Å². The molecule has 0 bridgehead atoms. The quantitative estimate of drug-likeness (QED) is 0.367. The number of hydrogen-bond acceptors (Lipinski definition) is 6. The van der Waals surface area contributed by atoms with Gasteiger partial charge in [0.05, 0.1) is 23.8 Å². The van der Waals surface area contributed by atoms with Crippen LogP contribution in [0.3, 0.4) is 0 Å². The predicted molar refractivity (Wildman–Crippen MR) is 129 cm³/mol. The van der Waals surface area contributed by atoms with Gasteiger partial charge in [0.2, 0.25) is 0 Å². The number of anilines is 1. The van der Waals surface area contributed by atoms with Crippen molar-refractivity contribution in [3.05, 3.63) is 76.9 Å². The minimum Gasteiger partial charge on any atom is -0.382 e. The first-order chi connectivity index (χ1) is 18.9. The largest absolute Gasteiger partial charge is 0.418 e. The molecule has 1 saturated heterocycles. The van der Waals surface area contributed by atoms with E-state index in [-0.39, 0.29) is 23.4 Å². The number of hydrogen-bond donors (Lipinski definition) is 2. The Hall–Kier alpha value is -4.69. The molecule has 1 aliphatic rings. The zero-order chi connectivity index (χ0) is 28.9. The first-order valence-electron chi connectivity index (χ1n) is 11.7. The summed E-state index contributed by atoms with van der Waals surface area (Å²) in [6.45, 7) is 0.648. The zero-order valence-corrected chi connectivity index (χ0v) is 20.5. The highest BCUT2D eigenvalue weighted by Crippen LogP contribution is 2.39. The van der Waals surface area contributed by atoms with Crippen molar-refractivity contribution in [2.45, 2.75) is 25.3 Å². The number of benzene rings is 1. The number of aryl methyl sites for hydroxylation is 1. The molecule has 9 nitrogen and oxygen atoms in total. The molecular weight excluding hydrogens is 544 g/mol. The fourth-order valence-corrected chi connectivity index (χ4v) is 4.59. The molecule has 3 N–H and O–H groups in total. The zero-order valence-electron chi connectivity index (χ0n) is 20.5. The summed E-state index contributed by atoms with van der Waals surface area (Å²) in [5.41, 5.74) is 2.57. The highest BCUT2D eigenvalue weighted by atomic mass is 19.4. The van der Waals surface area contributed by atoms with Gasteiger partial charge < -0.3 is 16.0 Å². The molecule has 15 heteroatoms. The minimum absolute atomic E-state index is 0.113. The Labute approximate surface area is 221 Å². The lowest BCUT2D eigenvalue weighted by Gasteiger charge is -2.17. The molecule has 0 unspecified atom stereocenters. The van der Waals surface area contributed by atoms with Gasteiger partial charge in [-0.3, -0.25) is 9.59 Å². The minimum atomic E-state index is -4.87. The molecule has 2 amide bonds. The molecular formula is C25H19F6N7O2. The smallest absolute Gasteiger partial charge is 0.382 e. The first-order valence-corrected chi connectivity index (χ1v) is 11.7. The van der Waals surface area contributed by atoms with Gasteiger partial charge in [-0.25, -0.2) is 27.7 Å². The Morgan fingerprint density at radius 1 is 1.10 bits per heavy atom. The molecule has 3 aromatic heterocycles. The van der Waals surface area contributed by atoms with Crippen LogP contribution in [-0.2, 0) is 6.18 Å². The van der Waals surface area contributed by atoms with Gasteiger partial charge in [0.25, 0.3) is 11.8 Å². The van der Waals surface area contributed by atoms with Crippen molar-refractivity contribution in [3.63, 3.8) is 0 Å². The van der Waals surface area contributed by atoms with Gasteiger partial charge in [-0.15, -0.1) is 0 Å². The number of carbonyl (C=O) groups excluding carboxylic acids is 2. The van der Waals surface area contributed by atoms with Crippen molar-refractivity contribution in [2.24, 2.45) is 0 Å². The van der Waals surface area contributed by atoms with Crippen LogP contribution < -0.4 is 11.1 Å². The maximum atomic E-state index is 15.1.